The fraction of sp³-hybridized carbons (Fsp3) is 0.200. The molecule has 19 heavy (non-hydrogen) atoms. The van der Waals surface area contributed by atoms with Crippen molar-refractivity contribution in [2.45, 2.75) is 20.4 Å². The molecule has 0 amide bonds. The summed E-state index contributed by atoms with van der Waals surface area (Å²) < 4.78 is 14.2. The Labute approximate surface area is 120 Å². The van der Waals surface area contributed by atoms with Crippen molar-refractivity contribution < 1.29 is 9.50 Å². The van der Waals surface area contributed by atoms with Crippen molar-refractivity contribution in [3.05, 3.63) is 57.3 Å². The van der Waals surface area contributed by atoms with Gasteiger partial charge in [0.25, 0.3) is 0 Å². The zero-order chi connectivity index (χ0) is 14.0. The number of anilines is 1. The van der Waals surface area contributed by atoms with Gasteiger partial charge in [-0.05, 0) is 54.8 Å². The molecule has 2 N–H and O–H groups in total. The Balaban J connectivity index is 2.19. The van der Waals surface area contributed by atoms with E-state index in [2.05, 4.69) is 21.2 Å². The number of aryl methyl sites for hydroxylation is 2. The molecule has 2 rings (SSSR count). The molecule has 0 radical (unpaired) electrons. The smallest absolute Gasteiger partial charge is 0.127 e. The average molecular weight is 324 g/mol. The molecule has 0 aliphatic rings. The normalized spacial score (nSPS) is 10.5. The number of rotatable bonds is 3. The van der Waals surface area contributed by atoms with Crippen molar-refractivity contribution >= 4 is 21.6 Å². The van der Waals surface area contributed by atoms with Crippen molar-refractivity contribution in [1.82, 2.24) is 0 Å². The SMILES string of the molecule is Cc1cc(Br)cc(C)c1NCc1cc(O)cc(F)c1. The monoisotopic (exact) mass is 323 g/mol. The number of aromatic hydroxyl groups is 1. The first-order chi connectivity index (χ1) is 8.95. The van der Waals surface area contributed by atoms with E-state index in [0.717, 1.165) is 27.4 Å². The van der Waals surface area contributed by atoms with Gasteiger partial charge in [0.2, 0.25) is 0 Å². The zero-order valence-corrected chi connectivity index (χ0v) is 12.4. The Kier molecular flexibility index (Phi) is 4.10. The van der Waals surface area contributed by atoms with Crippen LogP contribution in [-0.2, 0) is 6.54 Å². The van der Waals surface area contributed by atoms with Crippen molar-refractivity contribution in [2.24, 2.45) is 0 Å². The second-order valence-electron chi connectivity index (χ2n) is 4.59. The van der Waals surface area contributed by atoms with Gasteiger partial charge in [-0.1, -0.05) is 15.9 Å². The molecule has 2 nitrogen and oxygen atoms in total. The van der Waals surface area contributed by atoms with Gasteiger partial charge in [0.05, 0.1) is 0 Å². The molecule has 0 aliphatic heterocycles. The molecule has 0 saturated carbocycles. The molecule has 0 aliphatic carbocycles. The zero-order valence-electron chi connectivity index (χ0n) is 10.8. The third-order valence-electron chi connectivity index (χ3n) is 2.91. The molecule has 0 atom stereocenters. The van der Waals surface area contributed by atoms with E-state index in [1.807, 2.05) is 26.0 Å². The van der Waals surface area contributed by atoms with Crippen LogP contribution in [0.2, 0.25) is 0 Å². The van der Waals surface area contributed by atoms with E-state index < -0.39 is 5.82 Å². The predicted molar refractivity (Wildman–Crippen MR) is 79.0 cm³/mol. The summed E-state index contributed by atoms with van der Waals surface area (Å²) in [6, 6.07) is 8.12. The number of hydrogen-bond donors (Lipinski definition) is 2. The van der Waals surface area contributed by atoms with Gasteiger partial charge in [-0.2, -0.15) is 0 Å². The van der Waals surface area contributed by atoms with Gasteiger partial charge in [-0.3, -0.25) is 0 Å². The van der Waals surface area contributed by atoms with Gasteiger partial charge in [0.15, 0.2) is 0 Å². The summed E-state index contributed by atoms with van der Waals surface area (Å²) in [4.78, 5) is 0. The van der Waals surface area contributed by atoms with E-state index in [1.165, 1.54) is 6.07 Å². The van der Waals surface area contributed by atoms with Crippen molar-refractivity contribution in [2.75, 3.05) is 5.32 Å². The highest BCUT2D eigenvalue weighted by Gasteiger charge is 2.05. The van der Waals surface area contributed by atoms with E-state index in [1.54, 1.807) is 6.07 Å². The lowest BCUT2D eigenvalue weighted by atomic mass is 10.1. The minimum atomic E-state index is -0.430. The highest BCUT2D eigenvalue weighted by molar-refractivity contribution is 9.10. The lowest BCUT2D eigenvalue weighted by molar-refractivity contribution is 0.468. The van der Waals surface area contributed by atoms with Gasteiger partial charge in [0.1, 0.15) is 11.6 Å². The minimum absolute atomic E-state index is 0.0546. The summed E-state index contributed by atoms with van der Waals surface area (Å²) in [6.45, 7) is 4.50. The summed E-state index contributed by atoms with van der Waals surface area (Å²) >= 11 is 3.45. The van der Waals surface area contributed by atoms with E-state index in [4.69, 9.17) is 0 Å². The highest BCUT2D eigenvalue weighted by Crippen LogP contribution is 2.26. The molecular formula is C15H15BrFNO. The molecule has 0 heterocycles. The van der Waals surface area contributed by atoms with Crippen LogP contribution in [-0.4, -0.2) is 5.11 Å². The number of hydrogen-bond acceptors (Lipinski definition) is 2. The van der Waals surface area contributed by atoms with Crippen LogP contribution in [0.5, 0.6) is 5.75 Å². The molecule has 4 heteroatoms. The van der Waals surface area contributed by atoms with Crippen LogP contribution in [0.15, 0.2) is 34.8 Å². The summed E-state index contributed by atoms with van der Waals surface area (Å²) in [7, 11) is 0. The van der Waals surface area contributed by atoms with E-state index >= 15 is 0 Å². The van der Waals surface area contributed by atoms with Gasteiger partial charge < -0.3 is 10.4 Å². The summed E-state index contributed by atoms with van der Waals surface area (Å²) in [5.41, 5.74) is 3.98. The Morgan fingerprint density at radius 1 is 1.11 bits per heavy atom. The average Bonchev–Trinajstić information content (AvgIpc) is 2.25. The summed E-state index contributed by atoms with van der Waals surface area (Å²) in [6.07, 6.45) is 0. The summed E-state index contributed by atoms with van der Waals surface area (Å²) in [5, 5.41) is 12.6. The molecule has 0 saturated heterocycles. The van der Waals surface area contributed by atoms with Gasteiger partial charge >= 0.3 is 0 Å². The Bertz CT molecular complexity index is 570. The first kappa shape index (κ1) is 13.9. The van der Waals surface area contributed by atoms with Crippen LogP contribution in [0, 0.1) is 19.7 Å². The van der Waals surface area contributed by atoms with Gasteiger partial charge in [0, 0.05) is 22.8 Å². The van der Waals surface area contributed by atoms with Crippen LogP contribution in [0.25, 0.3) is 0 Å². The fourth-order valence-electron chi connectivity index (χ4n) is 2.12. The van der Waals surface area contributed by atoms with E-state index in [-0.39, 0.29) is 5.75 Å². The molecule has 0 bridgehead atoms. The second-order valence-corrected chi connectivity index (χ2v) is 5.50. The van der Waals surface area contributed by atoms with E-state index in [9.17, 15) is 9.50 Å². The largest absolute Gasteiger partial charge is 0.508 e. The maximum atomic E-state index is 13.2. The first-order valence-electron chi connectivity index (χ1n) is 5.95. The topological polar surface area (TPSA) is 32.3 Å². The Morgan fingerprint density at radius 3 is 2.32 bits per heavy atom. The second kappa shape index (κ2) is 5.61. The molecule has 2 aromatic rings. The van der Waals surface area contributed by atoms with Crippen molar-refractivity contribution in [3.63, 3.8) is 0 Å². The van der Waals surface area contributed by atoms with Gasteiger partial charge in [-0.25, -0.2) is 4.39 Å². The van der Waals surface area contributed by atoms with Crippen LogP contribution in [0.4, 0.5) is 10.1 Å². The minimum Gasteiger partial charge on any atom is -0.508 e. The van der Waals surface area contributed by atoms with E-state index in [0.29, 0.717) is 12.1 Å². The maximum Gasteiger partial charge on any atom is 0.127 e. The van der Waals surface area contributed by atoms with Gasteiger partial charge in [-0.15, -0.1) is 0 Å². The molecule has 100 valence electrons. The first-order valence-corrected chi connectivity index (χ1v) is 6.74. The molecular weight excluding hydrogens is 309 g/mol. The maximum absolute atomic E-state index is 13.2. The lowest BCUT2D eigenvalue weighted by Crippen LogP contribution is -2.03. The quantitative estimate of drug-likeness (QED) is 0.870. The molecule has 0 fully saturated rings. The Morgan fingerprint density at radius 2 is 1.74 bits per heavy atom. The molecule has 0 unspecified atom stereocenters. The molecule has 2 aromatic carbocycles. The number of halogens is 2. The standard InChI is InChI=1S/C15H15BrFNO/c1-9-3-12(16)4-10(2)15(9)18-8-11-5-13(17)7-14(19)6-11/h3-7,18-19H,8H2,1-2H3. The third kappa shape index (κ3) is 3.47. The van der Waals surface area contributed by atoms with Crippen LogP contribution < -0.4 is 5.32 Å². The predicted octanol–water partition coefficient (Wildman–Crippen LogP) is 4.52. The van der Waals surface area contributed by atoms with Crippen molar-refractivity contribution in [3.8, 4) is 5.75 Å². The summed E-state index contributed by atoms with van der Waals surface area (Å²) in [5.74, 6) is -0.484. The number of nitrogens with one attached hydrogen (secondary N) is 1. The van der Waals surface area contributed by atoms with Crippen LogP contribution in [0.1, 0.15) is 16.7 Å². The number of phenolic OH excluding ortho intramolecular Hbond substituents is 1. The Hall–Kier alpha value is -1.55. The van der Waals surface area contributed by atoms with Crippen LogP contribution in [0.3, 0.4) is 0 Å². The van der Waals surface area contributed by atoms with Crippen LogP contribution >= 0.6 is 15.9 Å². The third-order valence-corrected chi connectivity index (χ3v) is 3.37. The molecule has 0 aromatic heterocycles. The fourth-order valence-corrected chi connectivity index (χ4v) is 2.80. The number of phenols is 1. The molecule has 0 spiro atoms. The number of benzene rings is 2. The lowest BCUT2D eigenvalue weighted by Gasteiger charge is -2.13. The highest BCUT2D eigenvalue weighted by atomic mass is 79.9. The van der Waals surface area contributed by atoms with Crippen molar-refractivity contribution in [1.29, 1.82) is 0 Å².